The fraction of sp³-hybridized carbons (Fsp3) is 0.185. The van der Waals surface area contributed by atoms with Gasteiger partial charge in [0.1, 0.15) is 17.2 Å². The van der Waals surface area contributed by atoms with Gasteiger partial charge in [-0.15, -0.1) is 0 Å². The number of methoxy groups -OCH3 is 3. The first-order valence-corrected chi connectivity index (χ1v) is 11.0. The summed E-state index contributed by atoms with van der Waals surface area (Å²) in [5.74, 6) is 1.92. The third kappa shape index (κ3) is 4.95. The van der Waals surface area contributed by atoms with Crippen molar-refractivity contribution in [2.75, 3.05) is 27.9 Å². The Morgan fingerprint density at radius 2 is 1.60 bits per heavy atom. The first-order chi connectivity index (χ1) is 16.8. The second-order valence-corrected chi connectivity index (χ2v) is 8.16. The Hall–Kier alpha value is -3.97. The third-order valence-corrected chi connectivity index (χ3v) is 5.75. The molecular formula is C27H23ClO7. The van der Waals surface area contributed by atoms with Crippen molar-refractivity contribution < 1.29 is 33.3 Å². The molecule has 8 heteroatoms. The molecule has 4 rings (SSSR count). The maximum absolute atomic E-state index is 13.1. The minimum atomic E-state index is -0.266. The van der Waals surface area contributed by atoms with Crippen LogP contribution in [0.4, 0.5) is 0 Å². The molecule has 0 amide bonds. The molecule has 0 saturated heterocycles. The highest BCUT2D eigenvalue weighted by molar-refractivity contribution is 6.30. The minimum Gasteiger partial charge on any atom is -0.496 e. The molecule has 180 valence electrons. The molecule has 0 atom stereocenters. The number of ketones is 2. The third-order valence-electron chi connectivity index (χ3n) is 5.50. The molecule has 3 aromatic carbocycles. The Balaban J connectivity index is 1.57. The summed E-state index contributed by atoms with van der Waals surface area (Å²) in [6.45, 7) is 1.62. The van der Waals surface area contributed by atoms with Crippen molar-refractivity contribution >= 4 is 29.2 Å². The Morgan fingerprint density at radius 1 is 0.943 bits per heavy atom. The topological polar surface area (TPSA) is 80.3 Å². The Labute approximate surface area is 207 Å². The van der Waals surface area contributed by atoms with E-state index in [1.54, 1.807) is 61.5 Å². The van der Waals surface area contributed by atoms with Crippen molar-refractivity contribution in [1.82, 2.24) is 0 Å². The van der Waals surface area contributed by atoms with Crippen LogP contribution < -0.4 is 23.7 Å². The molecule has 0 N–H and O–H groups in total. The molecule has 0 radical (unpaired) electrons. The number of halogens is 1. The van der Waals surface area contributed by atoms with Crippen LogP contribution in [0.3, 0.4) is 0 Å². The van der Waals surface area contributed by atoms with Crippen LogP contribution in [0.2, 0.25) is 5.02 Å². The van der Waals surface area contributed by atoms with Gasteiger partial charge in [-0.05, 0) is 55.0 Å². The van der Waals surface area contributed by atoms with Gasteiger partial charge in [0, 0.05) is 28.3 Å². The lowest BCUT2D eigenvalue weighted by Gasteiger charge is -2.12. The van der Waals surface area contributed by atoms with Gasteiger partial charge in [-0.25, -0.2) is 0 Å². The van der Waals surface area contributed by atoms with Crippen molar-refractivity contribution in [3.8, 4) is 28.7 Å². The molecule has 0 fully saturated rings. The lowest BCUT2D eigenvalue weighted by atomic mass is 10.0. The van der Waals surface area contributed by atoms with Crippen molar-refractivity contribution in [2.45, 2.75) is 6.92 Å². The van der Waals surface area contributed by atoms with Crippen LogP contribution in [0.1, 0.15) is 31.8 Å². The highest BCUT2D eigenvalue weighted by atomic mass is 35.5. The molecule has 0 spiro atoms. The Morgan fingerprint density at radius 3 is 2.26 bits per heavy atom. The summed E-state index contributed by atoms with van der Waals surface area (Å²) in [4.78, 5) is 25.5. The number of carbonyl (C=O) groups excluding carboxylic acids is 2. The highest BCUT2D eigenvalue weighted by Crippen LogP contribution is 2.40. The van der Waals surface area contributed by atoms with Crippen LogP contribution in [0.25, 0.3) is 6.08 Å². The minimum absolute atomic E-state index is 0.128. The van der Waals surface area contributed by atoms with E-state index < -0.39 is 0 Å². The number of ether oxygens (including phenoxy) is 5. The van der Waals surface area contributed by atoms with Crippen molar-refractivity contribution in [1.29, 1.82) is 0 Å². The van der Waals surface area contributed by atoms with E-state index in [1.165, 1.54) is 21.3 Å². The lowest BCUT2D eigenvalue weighted by molar-refractivity contribution is 0.0920. The monoisotopic (exact) mass is 494 g/mol. The van der Waals surface area contributed by atoms with Crippen LogP contribution in [0.5, 0.6) is 28.7 Å². The number of Topliss-reactive ketones (excluding diaryl/α,β-unsaturated/α-hetero) is 2. The summed E-state index contributed by atoms with van der Waals surface area (Å²) in [5, 5.41) is 0.549. The molecule has 0 saturated carbocycles. The first-order valence-electron chi connectivity index (χ1n) is 10.6. The number of carbonyl (C=O) groups is 2. The maximum Gasteiger partial charge on any atom is 0.232 e. The van der Waals surface area contributed by atoms with E-state index in [9.17, 15) is 9.59 Å². The molecule has 3 aromatic rings. The second kappa shape index (κ2) is 10.1. The van der Waals surface area contributed by atoms with Crippen LogP contribution in [0, 0.1) is 6.92 Å². The predicted molar refractivity (Wildman–Crippen MR) is 131 cm³/mol. The summed E-state index contributed by atoms with van der Waals surface area (Å²) in [6.07, 6.45) is 1.59. The number of allylic oxidation sites excluding steroid dienone is 1. The van der Waals surface area contributed by atoms with Crippen molar-refractivity contribution in [2.24, 2.45) is 0 Å². The first kappa shape index (κ1) is 24.2. The summed E-state index contributed by atoms with van der Waals surface area (Å²) < 4.78 is 27.7. The average molecular weight is 495 g/mol. The SMILES string of the molecule is COc1cc(OC)c(OC)cc1/C=C1\Oc2cc(OCC(=O)c3ccc(Cl)cc3)cc(C)c2C1=O. The van der Waals surface area contributed by atoms with Crippen molar-refractivity contribution in [3.05, 3.63) is 81.6 Å². The fourth-order valence-corrected chi connectivity index (χ4v) is 3.86. The Kier molecular flexibility index (Phi) is 6.98. The number of aryl methyl sites for hydroxylation is 1. The average Bonchev–Trinajstić information content (AvgIpc) is 3.17. The summed E-state index contributed by atoms with van der Waals surface area (Å²) in [5.41, 5.74) is 2.19. The molecule has 0 aromatic heterocycles. The predicted octanol–water partition coefficient (Wildman–Crippen LogP) is 5.55. The molecule has 1 aliphatic rings. The summed E-state index contributed by atoms with van der Waals surface area (Å²) in [6, 6.07) is 13.3. The van der Waals surface area contributed by atoms with Gasteiger partial charge in [0.05, 0.1) is 26.9 Å². The second-order valence-electron chi connectivity index (χ2n) is 7.72. The van der Waals surface area contributed by atoms with Crippen molar-refractivity contribution in [3.63, 3.8) is 0 Å². The van der Waals surface area contributed by atoms with Gasteiger partial charge >= 0.3 is 0 Å². The zero-order valence-electron chi connectivity index (χ0n) is 19.6. The van der Waals surface area contributed by atoms with Crippen LogP contribution in [-0.4, -0.2) is 39.5 Å². The normalized spacial score (nSPS) is 13.3. The van der Waals surface area contributed by atoms with Gasteiger partial charge in [0.2, 0.25) is 5.78 Å². The number of fused-ring (bicyclic) bond motifs is 1. The van der Waals surface area contributed by atoms with Gasteiger partial charge in [0.25, 0.3) is 0 Å². The molecule has 0 aliphatic carbocycles. The molecular weight excluding hydrogens is 472 g/mol. The molecule has 1 heterocycles. The smallest absolute Gasteiger partial charge is 0.232 e. The van der Waals surface area contributed by atoms with Crippen LogP contribution >= 0.6 is 11.6 Å². The quantitative estimate of drug-likeness (QED) is 0.300. The van der Waals surface area contributed by atoms with E-state index >= 15 is 0 Å². The Bertz CT molecular complexity index is 1330. The van der Waals surface area contributed by atoms with Gasteiger partial charge in [-0.1, -0.05) is 11.6 Å². The lowest BCUT2D eigenvalue weighted by Crippen LogP contribution is -2.11. The van der Waals surface area contributed by atoms with E-state index in [1.807, 2.05) is 0 Å². The van der Waals surface area contributed by atoms with E-state index in [-0.39, 0.29) is 23.9 Å². The standard InChI is InChI=1S/C27H23ClO7/c1-15-9-19(34-14-20(29)16-5-7-18(28)8-6-16)12-24-26(15)27(30)25(35-24)11-17-10-22(32-3)23(33-4)13-21(17)31-2/h5-13H,14H2,1-4H3/b25-11-. The number of hydrogen-bond acceptors (Lipinski definition) is 7. The largest absolute Gasteiger partial charge is 0.496 e. The summed E-state index contributed by atoms with van der Waals surface area (Å²) >= 11 is 5.87. The number of rotatable bonds is 8. The zero-order valence-corrected chi connectivity index (χ0v) is 20.4. The van der Waals surface area contributed by atoms with E-state index in [0.717, 1.165) is 0 Å². The van der Waals surface area contributed by atoms with E-state index in [2.05, 4.69) is 0 Å². The molecule has 35 heavy (non-hydrogen) atoms. The van der Waals surface area contributed by atoms with Gasteiger partial charge in [0.15, 0.2) is 29.6 Å². The number of hydrogen-bond donors (Lipinski definition) is 0. The van der Waals surface area contributed by atoms with E-state index in [0.29, 0.717) is 56.0 Å². The molecule has 1 aliphatic heterocycles. The maximum atomic E-state index is 13.1. The van der Waals surface area contributed by atoms with E-state index in [4.69, 9.17) is 35.3 Å². The van der Waals surface area contributed by atoms with Crippen LogP contribution in [0.15, 0.2) is 54.3 Å². The zero-order chi connectivity index (χ0) is 25.1. The summed E-state index contributed by atoms with van der Waals surface area (Å²) in [7, 11) is 4.58. The fourth-order valence-electron chi connectivity index (χ4n) is 3.74. The number of benzene rings is 3. The van der Waals surface area contributed by atoms with Gasteiger partial charge < -0.3 is 23.7 Å². The molecule has 0 bridgehead atoms. The molecule has 7 nitrogen and oxygen atoms in total. The van der Waals surface area contributed by atoms with Crippen LogP contribution in [-0.2, 0) is 0 Å². The van der Waals surface area contributed by atoms with Gasteiger partial charge in [-0.3, -0.25) is 9.59 Å². The van der Waals surface area contributed by atoms with Gasteiger partial charge in [-0.2, -0.15) is 0 Å². The highest BCUT2D eigenvalue weighted by Gasteiger charge is 2.30. The molecule has 0 unspecified atom stereocenters.